The van der Waals surface area contributed by atoms with Gasteiger partial charge >= 0.3 is 0 Å². The number of nitrogens with one attached hydrogen (secondary N) is 1. The van der Waals surface area contributed by atoms with Crippen molar-refractivity contribution in [1.82, 2.24) is 5.32 Å². The van der Waals surface area contributed by atoms with Crippen molar-refractivity contribution in [3.63, 3.8) is 0 Å². The van der Waals surface area contributed by atoms with Gasteiger partial charge in [0.1, 0.15) is 0 Å². The summed E-state index contributed by atoms with van der Waals surface area (Å²) in [4.78, 5) is 0. The number of aliphatic hydroxyl groups is 1. The molecular formula is C10H23NO. The van der Waals surface area contributed by atoms with E-state index >= 15 is 0 Å². The molecule has 74 valence electrons. The van der Waals surface area contributed by atoms with E-state index in [4.69, 9.17) is 5.11 Å². The zero-order valence-corrected chi connectivity index (χ0v) is 8.80. The van der Waals surface area contributed by atoms with E-state index in [1.54, 1.807) is 0 Å². The Labute approximate surface area is 76.4 Å². The highest BCUT2D eigenvalue weighted by Gasteiger charge is 2.13. The lowest BCUT2D eigenvalue weighted by molar-refractivity contribution is 0.199. The summed E-state index contributed by atoms with van der Waals surface area (Å²) >= 11 is 0. The molecule has 0 bridgehead atoms. The Kier molecular flexibility index (Phi) is 6.39. The zero-order chi connectivity index (χ0) is 9.56. The van der Waals surface area contributed by atoms with Gasteiger partial charge in [-0.3, -0.25) is 0 Å². The van der Waals surface area contributed by atoms with Gasteiger partial charge in [0.2, 0.25) is 0 Å². The van der Waals surface area contributed by atoms with Crippen molar-refractivity contribution in [2.45, 2.75) is 52.6 Å². The van der Waals surface area contributed by atoms with Crippen molar-refractivity contribution in [2.75, 3.05) is 6.61 Å². The normalized spacial score (nSPS) is 16.5. The van der Waals surface area contributed by atoms with Crippen LogP contribution in [0.1, 0.15) is 40.5 Å². The zero-order valence-electron chi connectivity index (χ0n) is 8.80. The fourth-order valence-corrected chi connectivity index (χ4v) is 1.22. The summed E-state index contributed by atoms with van der Waals surface area (Å²) in [5.41, 5.74) is 0. The standard InChI is InChI=1S/C10H23NO/c1-5-10(6-2)11-9(4)8(3)7-12/h8-12H,5-7H2,1-4H3. The van der Waals surface area contributed by atoms with Gasteiger partial charge in [0.15, 0.2) is 0 Å². The summed E-state index contributed by atoms with van der Waals surface area (Å²) in [6, 6.07) is 1.02. The molecule has 0 spiro atoms. The first-order valence-corrected chi connectivity index (χ1v) is 5.02. The highest BCUT2D eigenvalue weighted by Crippen LogP contribution is 2.05. The minimum Gasteiger partial charge on any atom is -0.396 e. The smallest absolute Gasteiger partial charge is 0.0471 e. The SMILES string of the molecule is CCC(CC)NC(C)C(C)CO. The molecule has 2 nitrogen and oxygen atoms in total. The van der Waals surface area contributed by atoms with E-state index in [2.05, 4.69) is 33.0 Å². The number of rotatable bonds is 6. The summed E-state index contributed by atoms with van der Waals surface area (Å²) in [7, 11) is 0. The Hall–Kier alpha value is -0.0800. The first-order chi connectivity index (χ1) is 5.65. The fourth-order valence-electron chi connectivity index (χ4n) is 1.22. The minimum absolute atomic E-state index is 0.272. The van der Waals surface area contributed by atoms with Crippen LogP contribution < -0.4 is 5.32 Å². The fraction of sp³-hybridized carbons (Fsp3) is 1.00. The Morgan fingerprint density at radius 3 is 2.00 bits per heavy atom. The third-order valence-electron chi connectivity index (χ3n) is 2.63. The van der Waals surface area contributed by atoms with E-state index < -0.39 is 0 Å². The molecule has 0 rings (SSSR count). The Balaban J connectivity index is 3.72. The van der Waals surface area contributed by atoms with Crippen LogP contribution in [0.25, 0.3) is 0 Å². The summed E-state index contributed by atoms with van der Waals surface area (Å²) in [5, 5.41) is 12.4. The quantitative estimate of drug-likeness (QED) is 0.641. The average molecular weight is 173 g/mol. The van der Waals surface area contributed by atoms with E-state index in [1.165, 1.54) is 12.8 Å². The van der Waals surface area contributed by atoms with Crippen LogP contribution in [0.4, 0.5) is 0 Å². The Bertz CT molecular complexity index is 102. The molecule has 2 N–H and O–H groups in total. The highest BCUT2D eigenvalue weighted by molar-refractivity contribution is 4.72. The van der Waals surface area contributed by atoms with Crippen LogP contribution in [-0.2, 0) is 0 Å². The topological polar surface area (TPSA) is 32.3 Å². The number of hydrogen-bond acceptors (Lipinski definition) is 2. The molecule has 0 saturated heterocycles. The van der Waals surface area contributed by atoms with E-state index in [0.29, 0.717) is 18.0 Å². The van der Waals surface area contributed by atoms with Gasteiger partial charge in [-0.2, -0.15) is 0 Å². The van der Waals surface area contributed by atoms with Gasteiger partial charge in [0.25, 0.3) is 0 Å². The van der Waals surface area contributed by atoms with E-state index in [0.717, 1.165) is 0 Å². The molecule has 0 saturated carbocycles. The second-order valence-corrected chi connectivity index (χ2v) is 3.63. The molecule has 2 unspecified atom stereocenters. The molecule has 0 amide bonds. The van der Waals surface area contributed by atoms with Gasteiger partial charge in [-0.15, -0.1) is 0 Å². The first-order valence-electron chi connectivity index (χ1n) is 5.02. The third kappa shape index (κ3) is 4.07. The van der Waals surface area contributed by atoms with Gasteiger partial charge in [-0.1, -0.05) is 20.8 Å². The van der Waals surface area contributed by atoms with Crippen molar-refractivity contribution in [3.8, 4) is 0 Å². The molecule has 0 radical (unpaired) electrons. The molecule has 0 heterocycles. The van der Waals surface area contributed by atoms with Crippen molar-refractivity contribution in [3.05, 3.63) is 0 Å². The summed E-state index contributed by atoms with van der Waals surface area (Å²) in [5.74, 6) is 0.352. The maximum Gasteiger partial charge on any atom is 0.0471 e. The van der Waals surface area contributed by atoms with Crippen LogP contribution in [0.5, 0.6) is 0 Å². The van der Waals surface area contributed by atoms with Crippen LogP contribution in [0.2, 0.25) is 0 Å². The molecule has 0 fully saturated rings. The van der Waals surface area contributed by atoms with Crippen molar-refractivity contribution >= 4 is 0 Å². The van der Waals surface area contributed by atoms with Gasteiger partial charge in [0, 0.05) is 18.7 Å². The number of aliphatic hydroxyl groups excluding tert-OH is 1. The Morgan fingerprint density at radius 2 is 1.67 bits per heavy atom. The Morgan fingerprint density at radius 1 is 1.17 bits per heavy atom. The maximum absolute atomic E-state index is 8.92. The monoisotopic (exact) mass is 173 g/mol. The van der Waals surface area contributed by atoms with Gasteiger partial charge in [-0.05, 0) is 25.7 Å². The predicted molar refractivity (Wildman–Crippen MR) is 53.2 cm³/mol. The predicted octanol–water partition coefficient (Wildman–Crippen LogP) is 1.78. The molecule has 0 aliphatic rings. The average Bonchev–Trinajstić information content (AvgIpc) is 2.12. The van der Waals surface area contributed by atoms with Crippen LogP contribution >= 0.6 is 0 Å². The van der Waals surface area contributed by atoms with Gasteiger partial charge < -0.3 is 10.4 Å². The lowest BCUT2D eigenvalue weighted by atomic mass is 10.0. The van der Waals surface area contributed by atoms with Gasteiger partial charge in [0.05, 0.1) is 0 Å². The van der Waals surface area contributed by atoms with E-state index in [1.807, 2.05) is 0 Å². The summed E-state index contributed by atoms with van der Waals surface area (Å²) < 4.78 is 0. The van der Waals surface area contributed by atoms with Crippen LogP contribution in [-0.4, -0.2) is 23.8 Å². The molecule has 0 aromatic heterocycles. The summed E-state index contributed by atoms with van der Waals surface area (Å²) in [6.45, 7) is 8.86. The lowest BCUT2D eigenvalue weighted by Gasteiger charge is -2.24. The van der Waals surface area contributed by atoms with E-state index in [9.17, 15) is 0 Å². The molecule has 0 aromatic rings. The minimum atomic E-state index is 0.272. The van der Waals surface area contributed by atoms with Crippen LogP contribution in [0.3, 0.4) is 0 Å². The van der Waals surface area contributed by atoms with Crippen LogP contribution in [0.15, 0.2) is 0 Å². The highest BCUT2D eigenvalue weighted by atomic mass is 16.3. The third-order valence-corrected chi connectivity index (χ3v) is 2.63. The van der Waals surface area contributed by atoms with Crippen molar-refractivity contribution in [1.29, 1.82) is 0 Å². The summed E-state index contributed by atoms with van der Waals surface area (Å²) in [6.07, 6.45) is 2.33. The van der Waals surface area contributed by atoms with E-state index in [-0.39, 0.29) is 6.61 Å². The molecule has 0 aliphatic carbocycles. The van der Waals surface area contributed by atoms with Crippen molar-refractivity contribution < 1.29 is 5.11 Å². The second-order valence-electron chi connectivity index (χ2n) is 3.63. The maximum atomic E-state index is 8.92. The van der Waals surface area contributed by atoms with Crippen molar-refractivity contribution in [2.24, 2.45) is 5.92 Å². The van der Waals surface area contributed by atoms with Gasteiger partial charge in [-0.25, -0.2) is 0 Å². The second kappa shape index (κ2) is 6.44. The molecule has 0 aliphatic heterocycles. The first kappa shape index (κ1) is 11.9. The lowest BCUT2D eigenvalue weighted by Crippen LogP contribution is -2.40. The molecule has 0 aromatic carbocycles. The molecule has 2 heteroatoms. The molecule has 2 atom stereocenters. The van der Waals surface area contributed by atoms with Crippen LogP contribution in [0, 0.1) is 5.92 Å². The largest absolute Gasteiger partial charge is 0.396 e. The molecule has 12 heavy (non-hydrogen) atoms. The molecular weight excluding hydrogens is 150 g/mol. The number of hydrogen-bond donors (Lipinski definition) is 2.